The SMILES string of the molecule is Cc1ccc(N(CC(=O)Nc2ccc(Cl)cc2C(F)(F)F)S(C)(=O)=O)c(C)c1. The first kappa shape index (κ1) is 22.0. The third-order valence-electron chi connectivity index (χ3n) is 3.87. The number of alkyl halides is 3. The van der Waals surface area contributed by atoms with E-state index in [4.69, 9.17) is 11.6 Å². The second-order valence-corrected chi connectivity index (χ2v) is 8.64. The number of sulfonamides is 1. The summed E-state index contributed by atoms with van der Waals surface area (Å²) in [4.78, 5) is 12.4. The highest BCUT2D eigenvalue weighted by Crippen LogP contribution is 2.36. The van der Waals surface area contributed by atoms with Gasteiger partial charge in [0.15, 0.2) is 0 Å². The van der Waals surface area contributed by atoms with Crippen LogP contribution in [0.4, 0.5) is 24.5 Å². The van der Waals surface area contributed by atoms with Gasteiger partial charge >= 0.3 is 6.18 Å². The molecule has 5 nitrogen and oxygen atoms in total. The van der Waals surface area contributed by atoms with E-state index in [1.807, 2.05) is 6.92 Å². The Labute approximate surface area is 166 Å². The number of amides is 1. The van der Waals surface area contributed by atoms with E-state index in [-0.39, 0.29) is 10.7 Å². The maximum atomic E-state index is 13.2. The van der Waals surface area contributed by atoms with Crippen LogP contribution < -0.4 is 9.62 Å². The Bertz CT molecular complexity index is 1010. The fraction of sp³-hybridized carbons (Fsp3) is 0.278. The Kier molecular flexibility index (Phi) is 6.30. The molecule has 2 aromatic rings. The average molecular weight is 435 g/mol. The molecular weight excluding hydrogens is 417 g/mol. The molecule has 0 saturated carbocycles. The third-order valence-corrected chi connectivity index (χ3v) is 5.23. The van der Waals surface area contributed by atoms with Crippen molar-refractivity contribution in [2.45, 2.75) is 20.0 Å². The normalized spacial score (nSPS) is 12.0. The molecule has 2 rings (SSSR count). The Morgan fingerprint density at radius 1 is 1.14 bits per heavy atom. The lowest BCUT2D eigenvalue weighted by molar-refractivity contribution is -0.137. The molecule has 0 spiro atoms. The van der Waals surface area contributed by atoms with Crippen molar-refractivity contribution in [2.75, 3.05) is 22.4 Å². The first-order chi connectivity index (χ1) is 12.8. The Morgan fingerprint density at radius 3 is 2.32 bits per heavy atom. The molecule has 10 heteroatoms. The first-order valence-electron chi connectivity index (χ1n) is 8.00. The van der Waals surface area contributed by atoms with E-state index < -0.39 is 39.9 Å². The second-order valence-electron chi connectivity index (χ2n) is 6.30. The number of hydrogen-bond donors (Lipinski definition) is 1. The quantitative estimate of drug-likeness (QED) is 0.759. The topological polar surface area (TPSA) is 66.5 Å². The predicted octanol–water partition coefficient (Wildman–Crippen LogP) is 4.38. The van der Waals surface area contributed by atoms with E-state index in [0.717, 1.165) is 22.2 Å². The van der Waals surface area contributed by atoms with Crippen LogP contribution in [0.2, 0.25) is 5.02 Å². The lowest BCUT2D eigenvalue weighted by atomic mass is 10.1. The van der Waals surface area contributed by atoms with Crippen LogP contribution in [0.15, 0.2) is 36.4 Å². The van der Waals surface area contributed by atoms with Crippen LogP contribution in [0.25, 0.3) is 0 Å². The number of hydrogen-bond acceptors (Lipinski definition) is 3. The highest BCUT2D eigenvalue weighted by Gasteiger charge is 2.34. The number of rotatable bonds is 5. The number of nitrogens with one attached hydrogen (secondary N) is 1. The van der Waals surface area contributed by atoms with Gasteiger partial charge in [0.2, 0.25) is 15.9 Å². The van der Waals surface area contributed by atoms with Crippen molar-refractivity contribution >= 4 is 38.9 Å². The lowest BCUT2D eigenvalue weighted by Gasteiger charge is -2.24. The Hall–Kier alpha value is -2.26. The summed E-state index contributed by atoms with van der Waals surface area (Å²) in [6.07, 6.45) is -3.82. The van der Waals surface area contributed by atoms with Gasteiger partial charge < -0.3 is 5.32 Å². The van der Waals surface area contributed by atoms with Gasteiger partial charge in [0.1, 0.15) is 6.54 Å². The minimum atomic E-state index is -4.74. The summed E-state index contributed by atoms with van der Waals surface area (Å²) in [5, 5.41) is 1.98. The van der Waals surface area contributed by atoms with Crippen molar-refractivity contribution < 1.29 is 26.4 Å². The van der Waals surface area contributed by atoms with Crippen molar-refractivity contribution in [3.8, 4) is 0 Å². The summed E-state index contributed by atoms with van der Waals surface area (Å²) in [6.45, 7) is 2.83. The monoisotopic (exact) mass is 434 g/mol. The third kappa shape index (κ3) is 5.39. The first-order valence-corrected chi connectivity index (χ1v) is 10.2. The fourth-order valence-corrected chi connectivity index (χ4v) is 3.73. The van der Waals surface area contributed by atoms with E-state index in [0.29, 0.717) is 11.6 Å². The molecule has 28 heavy (non-hydrogen) atoms. The molecule has 0 aromatic heterocycles. The lowest BCUT2D eigenvalue weighted by Crippen LogP contribution is -2.38. The maximum absolute atomic E-state index is 13.2. The molecule has 0 radical (unpaired) electrons. The number of nitrogens with zero attached hydrogens (tertiary/aromatic N) is 1. The number of halogens is 4. The fourth-order valence-electron chi connectivity index (χ4n) is 2.65. The van der Waals surface area contributed by atoms with E-state index in [2.05, 4.69) is 5.32 Å². The molecule has 1 amide bonds. The smallest absolute Gasteiger partial charge is 0.324 e. The number of carbonyl (C=O) groups excluding carboxylic acids is 1. The predicted molar refractivity (Wildman–Crippen MR) is 103 cm³/mol. The second kappa shape index (κ2) is 8.00. The van der Waals surface area contributed by atoms with Gasteiger partial charge in [0, 0.05) is 5.02 Å². The van der Waals surface area contributed by atoms with Crippen LogP contribution >= 0.6 is 11.6 Å². The summed E-state index contributed by atoms with van der Waals surface area (Å²) < 4.78 is 64.7. The van der Waals surface area contributed by atoms with E-state index in [1.165, 1.54) is 6.07 Å². The van der Waals surface area contributed by atoms with Gasteiger partial charge in [-0.25, -0.2) is 8.42 Å². The average Bonchev–Trinajstić information content (AvgIpc) is 2.53. The van der Waals surface area contributed by atoms with E-state index in [1.54, 1.807) is 25.1 Å². The molecule has 152 valence electrons. The minimum absolute atomic E-state index is 0.140. The van der Waals surface area contributed by atoms with Crippen molar-refractivity contribution in [3.05, 3.63) is 58.1 Å². The van der Waals surface area contributed by atoms with Crippen molar-refractivity contribution in [1.29, 1.82) is 0 Å². The molecule has 0 aliphatic heterocycles. The molecule has 0 saturated heterocycles. The number of carbonyl (C=O) groups is 1. The molecular formula is C18H18ClF3N2O3S. The summed E-state index contributed by atoms with van der Waals surface area (Å²) in [6, 6.07) is 7.87. The zero-order valence-electron chi connectivity index (χ0n) is 15.3. The van der Waals surface area contributed by atoms with Gasteiger partial charge in [0.05, 0.1) is 23.2 Å². The van der Waals surface area contributed by atoms with Gasteiger partial charge in [-0.2, -0.15) is 13.2 Å². The number of benzene rings is 2. The van der Waals surface area contributed by atoms with E-state index >= 15 is 0 Å². The zero-order chi connectivity index (χ0) is 21.3. The van der Waals surface area contributed by atoms with Gasteiger partial charge in [-0.15, -0.1) is 0 Å². The van der Waals surface area contributed by atoms with Gasteiger partial charge in [0.25, 0.3) is 0 Å². The van der Waals surface area contributed by atoms with Gasteiger partial charge in [-0.05, 0) is 43.7 Å². The molecule has 0 aliphatic carbocycles. The van der Waals surface area contributed by atoms with Crippen LogP contribution in [0, 0.1) is 13.8 Å². The molecule has 0 fully saturated rings. The van der Waals surface area contributed by atoms with Gasteiger partial charge in [-0.1, -0.05) is 29.3 Å². The number of anilines is 2. The van der Waals surface area contributed by atoms with Crippen molar-refractivity contribution in [2.24, 2.45) is 0 Å². The molecule has 0 bridgehead atoms. The minimum Gasteiger partial charge on any atom is -0.324 e. The largest absolute Gasteiger partial charge is 0.418 e. The Morgan fingerprint density at radius 2 is 1.79 bits per heavy atom. The number of aryl methyl sites for hydroxylation is 2. The molecule has 0 unspecified atom stereocenters. The summed E-state index contributed by atoms with van der Waals surface area (Å²) >= 11 is 5.61. The highest BCUT2D eigenvalue weighted by molar-refractivity contribution is 7.92. The van der Waals surface area contributed by atoms with Crippen molar-refractivity contribution in [1.82, 2.24) is 0 Å². The molecule has 0 atom stereocenters. The summed E-state index contributed by atoms with van der Waals surface area (Å²) in [5.41, 5.74) is 0.160. The van der Waals surface area contributed by atoms with Crippen LogP contribution in [0.1, 0.15) is 16.7 Å². The molecule has 0 heterocycles. The van der Waals surface area contributed by atoms with Crippen LogP contribution in [0.3, 0.4) is 0 Å². The highest BCUT2D eigenvalue weighted by atomic mass is 35.5. The maximum Gasteiger partial charge on any atom is 0.418 e. The van der Waals surface area contributed by atoms with Crippen molar-refractivity contribution in [3.63, 3.8) is 0 Å². The Balaban J connectivity index is 2.34. The van der Waals surface area contributed by atoms with Crippen LogP contribution in [-0.2, 0) is 21.0 Å². The van der Waals surface area contributed by atoms with E-state index in [9.17, 15) is 26.4 Å². The van der Waals surface area contributed by atoms with Gasteiger partial charge in [-0.3, -0.25) is 9.10 Å². The van der Waals surface area contributed by atoms with Crippen LogP contribution in [-0.4, -0.2) is 27.1 Å². The summed E-state index contributed by atoms with van der Waals surface area (Å²) in [7, 11) is -3.86. The molecule has 0 aliphatic rings. The molecule has 2 aromatic carbocycles. The standard InChI is InChI=1S/C18H18ClF3N2O3S/c1-11-4-7-16(12(2)8-11)24(28(3,26)27)10-17(25)23-15-6-5-13(19)9-14(15)18(20,21)22/h4-9H,10H2,1-3H3,(H,23,25). The molecule has 1 N–H and O–H groups in total. The zero-order valence-corrected chi connectivity index (χ0v) is 16.8. The summed E-state index contributed by atoms with van der Waals surface area (Å²) in [5.74, 6) is -0.918. The van der Waals surface area contributed by atoms with Crippen LogP contribution in [0.5, 0.6) is 0 Å².